The van der Waals surface area contributed by atoms with Crippen LogP contribution < -0.4 is 5.32 Å². The lowest BCUT2D eigenvalue weighted by atomic mass is 10.1. The van der Waals surface area contributed by atoms with Crippen LogP contribution in [0, 0.1) is 5.92 Å². The van der Waals surface area contributed by atoms with Gasteiger partial charge in [-0.1, -0.05) is 47.5 Å². The fourth-order valence-electron chi connectivity index (χ4n) is 2.05. The molecule has 0 aromatic heterocycles. The van der Waals surface area contributed by atoms with E-state index in [9.17, 15) is 0 Å². The van der Waals surface area contributed by atoms with Gasteiger partial charge >= 0.3 is 0 Å². The minimum absolute atomic E-state index is 0.729. The van der Waals surface area contributed by atoms with E-state index in [0.717, 1.165) is 25.6 Å². The molecule has 0 fully saturated rings. The molecule has 0 bridgehead atoms. The molecule has 0 radical (unpaired) electrons. The molecule has 0 saturated carbocycles. The summed E-state index contributed by atoms with van der Waals surface area (Å²) < 4.78 is 1.20. The van der Waals surface area contributed by atoms with Gasteiger partial charge < -0.3 is 10.2 Å². The van der Waals surface area contributed by atoms with Crippen molar-refractivity contribution in [2.24, 2.45) is 5.92 Å². The smallest absolute Gasteiger partial charge is 0.0242 e. The number of benzene rings is 1. The molecule has 0 aliphatic carbocycles. The van der Waals surface area contributed by atoms with E-state index in [4.69, 9.17) is 0 Å². The maximum absolute atomic E-state index is 3.60. The third-order valence-corrected chi connectivity index (χ3v) is 3.81. The van der Waals surface area contributed by atoms with E-state index in [1.165, 1.54) is 16.5 Å². The second kappa shape index (κ2) is 7.85. The molecule has 0 amide bonds. The highest BCUT2D eigenvalue weighted by molar-refractivity contribution is 9.10. The average molecular weight is 299 g/mol. The monoisotopic (exact) mass is 298 g/mol. The molecule has 1 atom stereocenters. The molecule has 2 nitrogen and oxygen atoms in total. The van der Waals surface area contributed by atoms with Crippen molar-refractivity contribution >= 4 is 15.9 Å². The maximum Gasteiger partial charge on any atom is 0.0242 e. The Bertz CT molecular complexity index is 328. The van der Waals surface area contributed by atoms with Gasteiger partial charge in [-0.05, 0) is 38.2 Å². The second-order valence-corrected chi connectivity index (χ2v) is 5.47. The molecule has 0 heterocycles. The van der Waals surface area contributed by atoms with Crippen molar-refractivity contribution in [1.29, 1.82) is 0 Å². The molecule has 1 unspecified atom stereocenters. The van der Waals surface area contributed by atoms with Crippen molar-refractivity contribution in [3.05, 3.63) is 34.3 Å². The van der Waals surface area contributed by atoms with Gasteiger partial charge in [0.15, 0.2) is 0 Å². The lowest BCUT2D eigenvalue weighted by Gasteiger charge is -2.23. The van der Waals surface area contributed by atoms with E-state index < -0.39 is 0 Å². The Kier molecular flexibility index (Phi) is 6.78. The Morgan fingerprint density at radius 3 is 2.65 bits per heavy atom. The van der Waals surface area contributed by atoms with E-state index in [2.05, 4.69) is 64.4 Å². The quantitative estimate of drug-likeness (QED) is 0.832. The summed E-state index contributed by atoms with van der Waals surface area (Å²) in [6, 6.07) is 8.44. The summed E-state index contributed by atoms with van der Waals surface area (Å²) in [4.78, 5) is 2.39. The Balaban J connectivity index is 2.49. The van der Waals surface area contributed by atoms with Crippen molar-refractivity contribution in [2.45, 2.75) is 19.9 Å². The Morgan fingerprint density at radius 1 is 1.35 bits per heavy atom. The van der Waals surface area contributed by atoms with Crippen LogP contribution in [0.5, 0.6) is 0 Å². The lowest BCUT2D eigenvalue weighted by molar-refractivity contribution is 0.261. The summed E-state index contributed by atoms with van der Waals surface area (Å²) in [6.45, 7) is 5.49. The van der Waals surface area contributed by atoms with Gasteiger partial charge in [-0.25, -0.2) is 0 Å². The molecule has 3 heteroatoms. The predicted octanol–water partition coefficient (Wildman–Crippen LogP) is 3.13. The van der Waals surface area contributed by atoms with Crippen LogP contribution >= 0.6 is 15.9 Å². The Morgan fingerprint density at radius 2 is 2.06 bits per heavy atom. The van der Waals surface area contributed by atoms with Crippen molar-refractivity contribution in [3.8, 4) is 0 Å². The zero-order chi connectivity index (χ0) is 12.7. The molecular formula is C14H23BrN2. The summed E-state index contributed by atoms with van der Waals surface area (Å²) >= 11 is 3.60. The van der Waals surface area contributed by atoms with Gasteiger partial charge in [0.05, 0.1) is 0 Å². The van der Waals surface area contributed by atoms with Crippen LogP contribution in [0.4, 0.5) is 0 Å². The van der Waals surface area contributed by atoms with Crippen molar-refractivity contribution in [2.75, 3.05) is 27.2 Å². The number of halogens is 1. The molecule has 1 aromatic rings. The first-order valence-electron chi connectivity index (χ1n) is 6.23. The highest BCUT2D eigenvalue weighted by atomic mass is 79.9. The maximum atomic E-state index is 3.60. The fourth-order valence-corrected chi connectivity index (χ4v) is 2.46. The molecular weight excluding hydrogens is 276 g/mol. The number of rotatable bonds is 7. The standard InChI is InChI=1S/C14H23BrN2/c1-4-12(9-16-2)10-17(3)11-13-7-5-6-8-14(13)15/h5-8,12,16H,4,9-11H2,1-3H3. The van der Waals surface area contributed by atoms with Crippen LogP contribution in [0.1, 0.15) is 18.9 Å². The van der Waals surface area contributed by atoms with Crippen LogP contribution in [0.2, 0.25) is 0 Å². The Hall–Kier alpha value is -0.380. The number of hydrogen-bond acceptors (Lipinski definition) is 2. The summed E-state index contributed by atoms with van der Waals surface area (Å²) in [7, 11) is 4.22. The summed E-state index contributed by atoms with van der Waals surface area (Å²) in [5.41, 5.74) is 1.36. The molecule has 0 spiro atoms. The molecule has 96 valence electrons. The van der Waals surface area contributed by atoms with Crippen LogP contribution in [-0.4, -0.2) is 32.1 Å². The van der Waals surface area contributed by atoms with Gasteiger partial charge in [-0.15, -0.1) is 0 Å². The van der Waals surface area contributed by atoms with Gasteiger partial charge in [-0.2, -0.15) is 0 Å². The fraction of sp³-hybridized carbons (Fsp3) is 0.571. The molecule has 0 aliphatic rings. The van der Waals surface area contributed by atoms with Gasteiger partial charge in [0, 0.05) is 17.6 Å². The van der Waals surface area contributed by atoms with Crippen molar-refractivity contribution in [1.82, 2.24) is 10.2 Å². The Labute approximate surface area is 114 Å². The zero-order valence-corrected chi connectivity index (χ0v) is 12.6. The van der Waals surface area contributed by atoms with Gasteiger partial charge in [-0.3, -0.25) is 0 Å². The topological polar surface area (TPSA) is 15.3 Å². The summed E-state index contributed by atoms with van der Waals surface area (Å²) in [5, 5.41) is 3.26. The first-order chi connectivity index (χ1) is 8.17. The van der Waals surface area contributed by atoms with Gasteiger partial charge in [0.2, 0.25) is 0 Å². The van der Waals surface area contributed by atoms with Crippen LogP contribution in [0.15, 0.2) is 28.7 Å². The van der Waals surface area contributed by atoms with Crippen LogP contribution in [0.25, 0.3) is 0 Å². The van der Waals surface area contributed by atoms with Crippen LogP contribution in [0.3, 0.4) is 0 Å². The van der Waals surface area contributed by atoms with Gasteiger partial charge in [0.1, 0.15) is 0 Å². The van der Waals surface area contributed by atoms with Crippen LogP contribution in [-0.2, 0) is 6.54 Å². The van der Waals surface area contributed by atoms with Crippen molar-refractivity contribution < 1.29 is 0 Å². The summed E-state index contributed by atoms with van der Waals surface area (Å²) in [6.07, 6.45) is 1.22. The molecule has 1 aromatic carbocycles. The van der Waals surface area contributed by atoms with E-state index in [-0.39, 0.29) is 0 Å². The molecule has 17 heavy (non-hydrogen) atoms. The molecule has 1 N–H and O–H groups in total. The highest BCUT2D eigenvalue weighted by Gasteiger charge is 2.10. The first-order valence-corrected chi connectivity index (χ1v) is 7.03. The minimum atomic E-state index is 0.729. The molecule has 1 rings (SSSR count). The van der Waals surface area contributed by atoms with Crippen molar-refractivity contribution in [3.63, 3.8) is 0 Å². The number of hydrogen-bond donors (Lipinski definition) is 1. The lowest BCUT2D eigenvalue weighted by Crippen LogP contribution is -2.30. The molecule has 0 saturated heterocycles. The van der Waals surface area contributed by atoms with E-state index in [1.54, 1.807) is 0 Å². The third kappa shape index (κ3) is 5.19. The minimum Gasteiger partial charge on any atom is -0.319 e. The first kappa shape index (κ1) is 14.7. The number of nitrogens with zero attached hydrogens (tertiary/aromatic N) is 1. The molecule has 0 aliphatic heterocycles. The SMILES string of the molecule is CCC(CNC)CN(C)Cc1ccccc1Br. The van der Waals surface area contributed by atoms with E-state index in [1.807, 2.05) is 7.05 Å². The summed E-state index contributed by atoms with van der Waals surface area (Å²) in [5.74, 6) is 0.729. The largest absolute Gasteiger partial charge is 0.319 e. The second-order valence-electron chi connectivity index (χ2n) is 4.62. The van der Waals surface area contributed by atoms with E-state index >= 15 is 0 Å². The average Bonchev–Trinajstić information content (AvgIpc) is 2.31. The van der Waals surface area contributed by atoms with Gasteiger partial charge in [0.25, 0.3) is 0 Å². The number of nitrogens with one attached hydrogen (secondary N) is 1. The zero-order valence-electron chi connectivity index (χ0n) is 11.0. The normalized spacial score (nSPS) is 13.0. The highest BCUT2D eigenvalue weighted by Crippen LogP contribution is 2.17. The third-order valence-electron chi connectivity index (χ3n) is 3.04. The predicted molar refractivity (Wildman–Crippen MR) is 78.2 cm³/mol. The van der Waals surface area contributed by atoms with E-state index in [0.29, 0.717) is 0 Å².